The van der Waals surface area contributed by atoms with Crippen molar-refractivity contribution in [2.24, 2.45) is 5.92 Å². The summed E-state index contributed by atoms with van der Waals surface area (Å²) in [4.78, 5) is 20.7. The highest BCUT2D eigenvalue weighted by Crippen LogP contribution is 2.25. The molecule has 3 heterocycles. The van der Waals surface area contributed by atoms with E-state index in [1.807, 2.05) is 13.0 Å². The van der Waals surface area contributed by atoms with E-state index in [0.717, 1.165) is 36.0 Å². The molecule has 0 radical (unpaired) electrons. The van der Waals surface area contributed by atoms with Gasteiger partial charge in [-0.1, -0.05) is 0 Å². The van der Waals surface area contributed by atoms with E-state index in [1.54, 1.807) is 24.7 Å². The van der Waals surface area contributed by atoms with Crippen LogP contribution in [0.3, 0.4) is 0 Å². The molecule has 1 aliphatic heterocycles. The Kier molecular flexibility index (Phi) is 3.60. The first kappa shape index (κ1) is 13.0. The molecule has 1 saturated heterocycles. The van der Waals surface area contributed by atoms with Crippen molar-refractivity contribution in [3.63, 3.8) is 0 Å². The van der Waals surface area contributed by atoms with Gasteiger partial charge < -0.3 is 10.1 Å². The van der Waals surface area contributed by atoms with Crippen LogP contribution in [-0.2, 0) is 9.53 Å². The Morgan fingerprint density at radius 1 is 1.40 bits per heavy atom. The maximum absolute atomic E-state index is 12.4. The Bertz CT molecular complexity index is 624. The number of carbonyl (C=O) groups is 1. The zero-order valence-electron chi connectivity index (χ0n) is 11.4. The summed E-state index contributed by atoms with van der Waals surface area (Å²) in [6, 6.07) is 3.63. The molecule has 1 aliphatic rings. The second-order valence-electron chi connectivity index (χ2n) is 5.07. The van der Waals surface area contributed by atoms with Gasteiger partial charge in [0.25, 0.3) is 0 Å². The van der Waals surface area contributed by atoms with E-state index < -0.39 is 0 Å². The molecule has 3 rings (SSSR count). The van der Waals surface area contributed by atoms with Gasteiger partial charge in [-0.15, -0.1) is 0 Å². The minimum absolute atomic E-state index is 0.00792. The molecule has 1 fully saturated rings. The van der Waals surface area contributed by atoms with Crippen molar-refractivity contribution in [2.75, 3.05) is 11.9 Å². The van der Waals surface area contributed by atoms with Gasteiger partial charge in [0.15, 0.2) is 0 Å². The molecule has 104 valence electrons. The molecular formula is C15H17N3O2. The molecular weight excluding hydrogens is 254 g/mol. The van der Waals surface area contributed by atoms with Crippen molar-refractivity contribution in [3.8, 4) is 0 Å². The minimum atomic E-state index is -0.0939. The number of aromatic nitrogens is 2. The van der Waals surface area contributed by atoms with Crippen LogP contribution in [-0.4, -0.2) is 28.6 Å². The van der Waals surface area contributed by atoms with E-state index in [4.69, 9.17) is 4.74 Å². The van der Waals surface area contributed by atoms with Crippen molar-refractivity contribution in [1.29, 1.82) is 0 Å². The average Bonchev–Trinajstić information content (AvgIpc) is 2.48. The van der Waals surface area contributed by atoms with E-state index in [-0.39, 0.29) is 17.9 Å². The van der Waals surface area contributed by atoms with Crippen LogP contribution in [0.5, 0.6) is 0 Å². The Hall–Kier alpha value is -2.01. The van der Waals surface area contributed by atoms with Gasteiger partial charge in [0.2, 0.25) is 5.91 Å². The zero-order valence-corrected chi connectivity index (χ0v) is 11.4. The van der Waals surface area contributed by atoms with Crippen LogP contribution >= 0.6 is 0 Å². The van der Waals surface area contributed by atoms with Gasteiger partial charge in [0, 0.05) is 30.6 Å². The van der Waals surface area contributed by atoms with Crippen molar-refractivity contribution < 1.29 is 9.53 Å². The first-order valence-corrected chi connectivity index (χ1v) is 6.87. The average molecular weight is 271 g/mol. The van der Waals surface area contributed by atoms with Gasteiger partial charge in [-0.2, -0.15) is 0 Å². The van der Waals surface area contributed by atoms with E-state index in [1.165, 1.54) is 0 Å². The third-order valence-corrected chi connectivity index (χ3v) is 3.74. The highest BCUT2D eigenvalue weighted by Gasteiger charge is 2.28. The summed E-state index contributed by atoms with van der Waals surface area (Å²) in [6.07, 6.45) is 6.88. The number of hydrogen-bond acceptors (Lipinski definition) is 4. The molecule has 2 atom stereocenters. The first-order chi connectivity index (χ1) is 9.75. The molecule has 0 bridgehead atoms. The molecule has 0 aromatic carbocycles. The third-order valence-electron chi connectivity index (χ3n) is 3.74. The largest absolute Gasteiger partial charge is 0.378 e. The number of fused-ring (bicyclic) bond motifs is 1. The van der Waals surface area contributed by atoms with Crippen molar-refractivity contribution in [1.82, 2.24) is 9.97 Å². The molecule has 5 heteroatoms. The maximum Gasteiger partial charge on any atom is 0.230 e. The van der Waals surface area contributed by atoms with Crippen LogP contribution in [0.15, 0.2) is 30.7 Å². The zero-order chi connectivity index (χ0) is 13.9. The number of pyridine rings is 2. The molecule has 0 aliphatic carbocycles. The van der Waals surface area contributed by atoms with Gasteiger partial charge in [-0.25, -0.2) is 0 Å². The summed E-state index contributed by atoms with van der Waals surface area (Å²) in [7, 11) is 0. The monoisotopic (exact) mass is 271 g/mol. The minimum Gasteiger partial charge on any atom is -0.378 e. The SMILES string of the molecule is CC1OCCCC1C(=O)Nc1ccnc2ccncc12. The van der Waals surface area contributed by atoms with Crippen LogP contribution in [0.1, 0.15) is 19.8 Å². The van der Waals surface area contributed by atoms with Crippen molar-refractivity contribution in [2.45, 2.75) is 25.9 Å². The number of hydrogen-bond donors (Lipinski definition) is 1. The van der Waals surface area contributed by atoms with Gasteiger partial charge in [0.1, 0.15) is 0 Å². The first-order valence-electron chi connectivity index (χ1n) is 6.87. The summed E-state index contributed by atoms with van der Waals surface area (Å²) in [5, 5.41) is 3.84. The number of amides is 1. The number of nitrogens with zero attached hydrogens (tertiary/aromatic N) is 2. The number of ether oxygens (including phenoxy) is 1. The highest BCUT2D eigenvalue weighted by molar-refractivity contribution is 6.01. The quantitative estimate of drug-likeness (QED) is 0.910. The summed E-state index contributed by atoms with van der Waals surface area (Å²) in [6.45, 7) is 2.70. The third kappa shape index (κ3) is 2.49. The molecule has 2 aromatic heterocycles. The predicted molar refractivity (Wildman–Crippen MR) is 76.3 cm³/mol. The van der Waals surface area contributed by atoms with Crippen LogP contribution in [0.2, 0.25) is 0 Å². The van der Waals surface area contributed by atoms with E-state index in [9.17, 15) is 4.79 Å². The normalized spacial score (nSPS) is 22.6. The lowest BCUT2D eigenvalue weighted by Crippen LogP contribution is -2.36. The number of nitrogens with one attached hydrogen (secondary N) is 1. The van der Waals surface area contributed by atoms with E-state index in [2.05, 4.69) is 15.3 Å². The molecule has 1 amide bonds. The Balaban J connectivity index is 1.84. The second kappa shape index (κ2) is 5.54. The summed E-state index contributed by atoms with van der Waals surface area (Å²) >= 11 is 0. The number of carbonyl (C=O) groups excluding carboxylic acids is 1. The fourth-order valence-electron chi connectivity index (χ4n) is 2.59. The van der Waals surface area contributed by atoms with Crippen molar-refractivity contribution >= 4 is 22.5 Å². The van der Waals surface area contributed by atoms with Gasteiger partial charge >= 0.3 is 0 Å². The topological polar surface area (TPSA) is 64.1 Å². The molecule has 5 nitrogen and oxygen atoms in total. The van der Waals surface area contributed by atoms with Crippen LogP contribution < -0.4 is 5.32 Å². The lowest BCUT2D eigenvalue weighted by atomic mass is 9.94. The van der Waals surface area contributed by atoms with Crippen LogP contribution in [0.25, 0.3) is 10.9 Å². The van der Waals surface area contributed by atoms with Crippen molar-refractivity contribution in [3.05, 3.63) is 30.7 Å². The molecule has 1 N–H and O–H groups in total. The lowest BCUT2D eigenvalue weighted by Gasteiger charge is -2.28. The number of anilines is 1. The maximum atomic E-state index is 12.4. The Morgan fingerprint density at radius 2 is 2.30 bits per heavy atom. The van der Waals surface area contributed by atoms with Gasteiger partial charge in [-0.3, -0.25) is 14.8 Å². The van der Waals surface area contributed by atoms with Crippen LogP contribution in [0.4, 0.5) is 5.69 Å². The molecule has 2 unspecified atom stereocenters. The predicted octanol–water partition coefficient (Wildman–Crippen LogP) is 2.38. The Labute approximate surface area is 117 Å². The van der Waals surface area contributed by atoms with E-state index in [0.29, 0.717) is 0 Å². The summed E-state index contributed by atoms with van der Waals surface area (Å²) < 4.78 is 5.55. The number of rotatable bonds is 2. The molecule has 0 spiro atoms. The highest BCUT2D eigenvalue weighted by atomic mass is 16.5. The smallest absolute Gasteiger partial charge is 0.230 e. The fourth-order valence-corrected chi connectivity index (χ4v) is 2.59. The molecule has 2 aromatic rings. The Morgan fingerprint density at radius 3 is 3.15 bits per heavy atom. The van der Waals surface area contributed by atoms with Crippen LogP contribution in [0, 0.1) is 5.92 Å². The van der Waals surface area contributed by atoms with Gasteiger partial charge in [-0.05, 0) is 31.9 Å². The van der Waals surface area contributed by atoms with E-state index >= 15 is 0 Å². The molecule has 20 heavy (non-hydrogen) atoms. The summed E-state index contributed by atoms with van der Waals surface area (Å²) in [5.41, 5.74) is 1.58. The fraction of sp³-hybridized carbons (Fsp3) is 0.400. The van der Waals surface area contributed by atoms with Gasteiger partial charge in [0.05, 0.1) is 23.2 Å². The summed E-state index contributed by atoms with van der Waals surface area (Å²) in [5.74, 6) is -0.0859. The standard InChI is InChI=1S/C15H17N3O2/c1-10-11(3-2-8-20-10)15(19)18-14-5-7-17-13-4-6-16-9-12(13)14/h4-7,9-11H,2-3,8H2,1H3,(H,17,18,19). The second-order valence-corrected chi connectivity index (χ2v) is 5.07. The molecule has 0 saturated carbocycles. The lowest BCUT2D eigenvalue weighted by molar-refractivity contribution is -0.127.